The highest BCUT2D eigenvalue weighted by Gasteiger charge is 2.02. The average Bonchev–Trinajstić information content (AvgIpc) is 2.41. The summed E-state index contributed by atoms with van der Waals surface area (Å²) in [5.41, 5.74) is 0. The van der Waals surface area contributed by atoms with Gasteiger partial charge in [-0.05, 0) is 33.0 Å². The third-order valence-electron chi connectivity index (χ3n) is 4.35. The van der Waals surface area contributed by atoms with Crippen LogP contribution in [0.2, 0.25) is 0 Å². The van der Waals surface area contributed by atoms with Gasteiger partial charge >= 0.3 is 0 Å². The second-order valence-corrected chi connectivity index (χ2v) is 7.02. The largest absolute Gasteiger partial charge is 0.309 e. The smallest absolute Gasteiger partial charge is 0.00248 e. The number of hydrogen-bond acceptors (Lipinski definition) is 1. The standard InChI is InChI=1S/C19H41N/c1-5-6-7-10-13-16-19(2)17-14-11-8-9-12-15-18-20(3)4/h19H,5-18H2,1-4H3. The molecule has 0 saturated heterocycles. The van der Waals surface area contributed by atoms with Crippen LogP contribution in [-0.2, 0) is 0 Å². The number of rotatable bonds is 15. The lowest BCUT2D eigenvalue weighted by atomic mass is 9.96. The molecule has 0 aliphatic rings. The third-order valence-corrected chi connectivity index (χ3v) is 4.35. The summed E-state index contributed by atoms with van der Waals surface area (Å²) >= 11 is 0. The highest BCUT2D eigenvalue weighted by molar-refractivity contribution is 4.56. The third kappa shape index (κ3) is 16.0. The van der Waals surface area contributed by atoms with Crippen LogP contribution in [0.1, 0.15) is 97.3 Å². The normalized spacial score (nSPS) is 13.1. The van der Waals surface area contributed by atoms with E-state index in [9.17, 15) is 0 Å². The second-order valence-electron chi connectivity index (χ2n) is 7.02. The zero-order chi connectivity index (χ0) is 15.1. The van der Waals surface area contributed by atoms with E-state index in [1.807, 2.05) is 0 Å². The van der Waals surface area contributed by atoms with Crippen molar-refractivity contribution in [2.75, 3.05) is 20.6 Å². The minimum Gasteiger partial charge on any atom is -0.309 e. The van der Waals surface area contributed by atoms with Crippen LogP contribution in [0.3, 0.4) is 0 Å². The Morgan fingerprint density at radius 3 is 1.60 bits per heavy atom. The molecule has 1 unspecified atom stereocenters. The molecule has 1 heteroatoms. The lowest BCUT2D eigenvalue weighted by Gasteiger charge is -2.11. The van der Waals surface area contributed by atoms with Gasteiger partial charge in [-0.1, -0.05) is 90.9 Å². The van der Waals surface area contributed by atoms with E-state index < -0.39 is 0 Å². The summed E-state index contributed by atoms with van der Waals surface area (Å²) in [7, 11) is 4.34. The maximum atomic E-state index is 2.46. The SMILES string of the molecule is CCCCCCCC(C)CCCCCCCCN(C)C. The maximum Gasteiger partial charge on any atom is -0.00248 e. The molecular formula is C19H41N. The van der Waals surface area contributed by atoms with Gasteiger partial charge in [-0.25, -0.2) is 0 Å². The van der Waals surface area contributed by atoms with E-state index in [1.165, 1.54) is 90.0 Å². The molecule has 0 fully saturated rings. The average molecular weight is 284 g/mol. The second kappa shape index (κ2) is 15.4. The van der Waals surface area contributed by atoms with Crippen LogP contribution in [0, 0.1) is 5.92 Å². The van der Waals surface area contributed by atoms with Crippen molar-refractivity contribution >= 4 is 0 Å². The molecule has 0 amide bonds. The molecule has 0 aliphatic heterocycles. The minimum atomic E-state index is 0.963. The van der Waals surface area contributed by atoms with E-state index in [1.54, 1.807) is 0 Å². The molecule has 0 spiro atoms. The van der Waals surface area contributed by atoms with Crippen molar-refractivity contribution in [2.24, 2.45) is 5.92 Å². The Kier molecular flexibility index (Phi) is 15.3. The fourth-order valence-electron chi connectivity index (χ4n) is 2.87. The Balaban J connectivity index is 3.13. The van der Waals surface area contributed by atoms with Gasteiger partial charge < -0.3 is 4.90 Å². The fourth-order valence-corrected chi connectivity index (χ4v) is 2.87. The quantitative estimate of drug-likeness (QED) is 0.320. The van der Waals surface area contributed by atoms with Gasteiger partial charge in [0.25, 0.3) is 0 Å². The van der Waals surface area contributed by atoms with E-state index in [4.69, 9.17) is 0 Å². The summed E-state index contributed by atoms with van der Waals surface area (Å²) in [6.07, 6.45) is 18.7. The summed E-state index contributed by atoms with van der Waals surface area (Å²) < 4.78 is 0. The molecule has 20 heavy (non-hydrogen) atoms. The minimum absolute atomic E-state index is 0.963. The van der Waals surface area contributed by atoms with Crippen LogP contribution >= 0.6 is 0 Å². The first-order valence-corrected chi connectivity index (χ1v) is 9.31. The topological polar surface area (TPSA) is 3.24 Å². The van der Waals surface area contributed by atoms with E-state index in [2.05, 4.69) is 32.8 Å². The first-order chi connectivity index (χ1) is 9.66. The monoisotopic (exact) mass is 283 g/mol. The molecule has 0 aliphatic carbocycles. The Hall–Kier alpha value is -0.0400. The molecule has 0 aromatic carbocycles. The maximum absolute atomic E-state index is 2.46. The summed E-state index contributed by atoms with van der Waals surface area (Å²) in [6, 6.07) is 0. The number of hydrogen-bond donors (Lipinski definition) is 0. The van der Waals surface area contributed by atoms with Gasteiger partial charge in [-0.15, -0.1) is 0 Å². The molecule has 0 bridgehead atoms. The lowest BCUT2D eigenvalue weighted by molar-refractivity contribution is 0.387. The van der Waals surface area contributed by atoms with Gasteiger partial charge in [0.2, 0.25) is 0 Å². The van der Waals surface area contributed by atoms with Crippen molar-refractivity contribution in [1.29, 1.82) is 0 Å². The van der Waals surface area contributed by atoms with Crippen molar-refractivity contribution in [3.63, 3.8) is 0 Å². The molecular weight excluding hydrogens is 242 g/mol. The lowest BCUT2D eigenvalue weighted by Crippen LogP contribution is -2.12. The predicted octanol–water partition coefficient (Wildman–Crippen LogP) is 6.28. The molecule has 0 heterocycles. The molecule has 0 saturated carbocycles. The first kappa shape index (κ1) is 20.0. The highest BCUT2D eigenvalue weighted by Crippen LogP contribution is 2.18. The van der Waals surface area contributed by atoms with Crippen LogP contribution in [0.4, 0.5) is 0 Å². The molecule has 122 valence electrons. The highest BCUT2D eigenvalue weighted by atomic mass is 15.0. The van der Waals surface area contributed by atoms with Gasteiger partial charge in [-0.3, -0.25) is 0 Å². The summed E-state index contributed by atoms with van der Waals surface area (Å²) in [4.78, 5) is 2.29. The Morgan fingerprint density at radius 2 is 1.10 bits per heavy atom. The molecule has 0 rings (SSSR count). The summed E-state index contributed by atoms with van der Waals surface area (Å²) in [5, 5.41) is 0. The first-order valence-electron chi connectivity index (χ1n) is 9.31. The van der Waals surface area contributed by atoms with Crippen molar-refractivity contribution in [1.82, 2.24) is 4.90 Å². The van der Waals surface area contributed by atoms with Crippen molar-refractivity contribution in [2.45, 2.75) is 97.3 Å². The van der Waals surface area contributed by atoms with Gasteiger partial charge in [0.1, 0.15) is 0 Å². The summed E-state index contributed by atoms with van der Waals surface area (Å²) in [5.74, 6) is 0.963. The van der Waals surface area contributed by atoms with Gasteiger partial charge in [-0.2, -0.15) is 0 Å². The Morgan fingerprint density at radius 1 is 0.650 bits per heavy atom. The van der Waals surface area contributed by atoms with Crippen molar-refractivity contribution in [3.05, 3.63) is 0 Å². The molecule has 0 N–H and O–H groups in total. The van der Waals surface area contributed by atoms with E-state index in [0.29, 0.717) is 0 Å². The number of unbranched alkanes of at least 4 members (excludes halogenated alkanes) is 9. The van der Waals surface area contributed by atoms with Gasteiger partial charge in [0.15, 0.2) is 0 Å². The Bertz CT molecular complexity index is 177. The van der Waals surface area contributed by atoms with E-state index in [0.717, 1.165) is 5.92 Å². The van der Waals surface area contributed by atoms with Crippen LogP contribution < -0.4 is 0 Å². The summed E-state index contributed by atoms with van der Waals surface area (Å²) in [6.45, 7) is 6.01. The Labute approximate surface area is 129 Å². The molecule has 1 nitrogen and oxygen atoms in total. The molecule has 1 atom stereocenters. The van der Waals surface area contributed by atoms with E-state index >= 15 is 0 Å². The van der Waals surface area contributed by atoms with Gasteiger partial charge in [0.05, 0.1) is 0 Å². The van der Waals surface area contributed by atoms with Crippen LogP contribution in [0.25, 0.3) is 0 Å². The molecule has 0 aromatic rings. The van der Waals surface area contributed by atoms with Crippen LogP contribution in [0.5, 0.6) is 0 Å². The van der Waals surface area contributed by atoms with Crippen molar-refractivity contribution < 1.29 is 0 Å². The number of nitrogens with zero attached hydrogens (tertiary/aromatic N) is 1. The van der Waals surface area contributed by atoms with Gasteiger partial charge in [0, 0.05) is 0 Å². The van der Waals surface area contributed by atoms with Crippen LogP contribution in [-0.4, -0.2) is 25.5 Å². The zero-order valence-electron chi connectivity index (χ0n) is 14.9. The zero-order valence-corrected chi connectivity index (χ0v) is 14.9. The molecule has 0 radical (unpaired) electrons. The fraction of sp³-hybridized carbons (Fsp3) is 1.00. The van der Waals surface area contributed by atoms with E-state index in [-0.39, 0.29) is 0 Å². The van der Waals surface area contributed by atoms with Crippen LogP contribution in [0.15, 0.2) is 0 Å². The van der Waals surface area contributed by atoms with Crippen molar-refractivity contribution in [3.8, 4) is 0 Å². The molecule has 0 aromatic heterocycles. The predicted molar refractivity (Wildman–Crippen MR) is 93.4 cm³/mol.